The first-order chi connectivity index (χ1) is 10.3. The van der Waals surface area contributed by atoms with Gasteiger partial charge in [-0.25, -0.2) is 0 Å². The Balaban J connectivity index is 4.10. The highest BCUT2D eigenvalue weighted by molar-refractivity contribution is 5.79. The Hall–Kier alpha value is -0.810. The molecule has 0 spiro atoms. The molecule has 0 aliphatic rings. The van der Waals surface area contributed by atoms with E-state index in [0.717, 1.165) is 51.8 Å². The molecule has 132 valence electrons. The van der Waals surface area contributed by atoms with Gasteiger partial charge >= 0.3 is 0 Å². The first-order valence-electron chi connectivity index (χ1n) is 8.51. The molecule has 0 bridgehead atoms. The molecule has 0 atom stereocenters. The Morgan fingerprint density at radius 2 is 1.86 bits per heavy atom. The molecule has 0 amide bonds. The third-order valence-corrected chi connectivity index (χ3v) is 3.13. The van der Waals surface area contributed by atoms with E-state index in [1.165, 1.54) is 0 Å². The number of guanidine groups is 1. The summed E-state index contributed by atoms with van der Waals surface area (Å²) >= 11 is 0. The Labute approximate surface area is 137 Å². The van der Waals surface area contributed by atoms with E-state index in [1.807, 2.05) is 0 Å². The predicted molar refractivity (Wildman–Crippen MR) is 96.6 cm³/mol. The number of rotatable bonds is 11. The fraction of sp³-hybridized carbons (Fsp3) is 0.941. The van der Waals surface area contributed by atoms with Gasteiger partial charge in [0.1, 0.15) is 0 Å². The monoisotopic (exact) mass is 314 g/mol. The quantitative estimate of drug-likeness (QED) is 0.349. The van der Waals surface area contributed by atoms with Gasteiger partial charge in [0.25, 0.3) is 0 Å². The molecular weight excluding hydrogens is 276 g/mol. The Morgan fingerprint density at radius 1 is 1.18 bits per heavy atom. The fourth-order valence-electron chi connectivity index (χ4n) is 2.20. The normalized spacial score (nSPS) is 13.0. The van der Waals surface area contributed by atoms with E-state index in [9.17, 15) is 0 Å². The van der Waals surface area contributed by atoms with Crippen LogP contribution < -0.4 is 10.6 Å². The summed E-state index contributed by atoms with van der Waals surface area (Å²) in [5, 5.41) is 6.62. The maximum Gasteiger partial charge on any atom is 0.191 e. The summed E-state index contributed by atoms with van der Waals surface area (Å²) in [5.74, 6) is 1.58. The molecule has 0 rings (SSSR count). The van der Waals surface area contributed by atoms with Crippen molar-refractivity contribution in [2.75, 3.05) is 53.5 Å². The molecule has 0 aromatic heterocycles. The minimum Gasteiger partial charge on any atom is -0.380 e. The van der Waals surface area contributed by atoms with Crippen LogP contribution in [0.5, 0.6) is 0 Å². The van der Waals surface area contributed by atoms with E-state index in [0.29, 0.717) is 5.92 Å². The third-order valence-electron chi connectivity index (χ3n) is 3.13. The van der Waals surface area contributed by atoms with E-state index >= 15 is 0 Å². The predicted octanol–water partition coefficient (Wildman–Crippen LogP) is 2.19. The molecule has 0 saturated carbocycles. The highest BCUT2D eigenvalue weighted by Crippen LogP contribution is 2.15. The van der Waals surface area contributed by atoms with Gasteiger partial charge in [-0.15, -0.1) is 0 Å². The fourth-order valence-corrected chi connectivity index (χ4v) is 2.20. The van der Waals surface area contributed by atoms with Crippen molar-refractivity contribution in [1.82, 2.24) is 15.5 Å². The zero-order chi connectivity index (χ0) is 17.0. The second kappa shape index (κ2) is 11.7. The lowest BCUT2D eigenvalue weighted by molar-refractivity contribution is 0.128. The van der Waals surface area contributed by atoms with Crippen molar-refractivity contribution in [2.24, 2.45) is 16.3 Å². The van der Waals surface area contributed by atoms with Crippen molar-refractivity contribution >= 4 is 5.96 Å². The average molecular weight is 315 g/mol. The molecule has 0 heterocycles. The summed E-state index contributed by atoms with van der Waals surface area (Å²) in [7, 11) is 4.20. The second-order valence-electron chi connectivity index (χ2n) is 7.32. The van der Waals surface area contributed by atoms with Crippen LogP contribution in [0.2, 0.25) is 0 Å². The Bertz CT molecular complexity index is 301. The van der Waals surface area contributed by atoms with Crippen molar-refractivity contribution in [2.45, 2.75) is 41.0 Å². The van der Waals surface area contributed by atoms with Gasteiger partial charge in [-0.1, -0.05) is 27.7 Å². The number of hydrogen-bond acceptors (Lipinski definition) is 3. The highest BCUT2D eigenvalue weighted by Gasteiger charge is 2.18. The van der Waals surface area contributed by atoms with Crippen molar-refractivity contribution in [3.63, 3.8) is 0 Å². The van der Waals surface area contributed by atoms with Crippen LogP contribution in [0, 0.1) is 11.3 Å². The zero-order valence-electron chi connectivity index (χ0n) is 15.8. The summed E-state index contributed by atoms with van der Waals surface area (Å²) in [5.41, 5.74) is 0.166. The SMILES string of the molecule is CCNC(=NCC(C)(C)CN(C)C)NCCOCCC(C)C. The molecule has 0 saturated heterocycles. The maximum atomic E-state index is 5.62. The largest absolute Gasteiger partial charge is 0.380 e. The molecule has 5 nitrogen and oxygen atoms in total. The third kappa shape index (κ3) is 12.9. The van der Waals surface area contributed by atoms with Gasteiger partial charge in [-0.05, 0) is 38.8 Å². The lowest BCUT2D eigenvalue weighted by atomic mass is 9.93. The summed E-state index contributed by atoms with van der Waals surface area (Å²) in [6.45, 7) is 16.0. The van der Waals surface area contributed by atoms with E-state index < -0.39 is 0 Å². The standard InChI is InChI=1S/C17H38N4O/c1-8-18-16(19-10-12-22-11-9-15(2)3)20-13-17(4,5)14-21(6)7/h15H,8-14H2,1-7H3,(H2,18,19,20). The topological polar surface area (TPSA) is 48.9 Å². The van der Waals surface area contributed by atoms with Gasteiger partial charge in [0.15, 0.2) is 5.96 Å². The van der Waals surface area contributed by atoms with Crippen molar-refractivity contribution < 1.29 is 4.74 Å². The second-order valence-corrected chi connectivity index (χ2v) is 7.32. The molecule has 5 heteroatoms. The van der Waals surface area contributed by atoms with Gasteiger partial charge in [-0.3, -0.25) is 4.99 Å². The number of hydrogen-bond donors (Lipinski definition) is 2. The van der Waals surface area contributed by atoms with Gasteiger partial charge in [0.2, 0.25) is 0 Å². The maximum absolute atomic E-state index is 5.62. The minimum absolute atomic E-state index is 0.166. The van der Waals surface area contributed by atoms with E-state index in [2.05, 4.69) is 64.2 Å². The lowest BCUT2D eigenvalue weighted by Gasteiger charge is -2.26. The van der Waals surface area contributed by atoms with E-state index in [-0.39, 0.29) is 5.41 Å². The Kier molecular flexibility index (Phi) is 11.3. The van der Waals surface area contributed by atoms with Crippen LogP contribution >= 0.6 is 0 Å². The molecule has 2 N–H and O–H groups in total. The summed E-state index contributed by atoms with van der Waals surface area (Å²) in [4.78, 5) is 6.90. The van der Waals surface area contributed by atoms with Crippen LogP contribution in [0.3, 0.4) is 0 Å². The lowest BCUT2D eigenvalue weighted by Crippen LogP contribution is -2.40. The Morgan fingerprint density at radius 3 is 2.41 bits per heavy atom. The number of ether oxygens (including phenoxy) is 1. The molecule has 0 aliphatic heterocycles. The summed E-state index contributed by atoms with van der Waals surface area (Å²) in [6.07, 6.45) is 1.12. The highest BCUT2D eigenvalue weighted by atomic mass is 16.5. The number of aliphatic imine (C=N–C) groups is 1. The van der Waals surface area contributed by atoms with E-state index in [4.69, 9.17) is 9.73 Å². The molecule has 0 fully saturated rings. The first kappa shape index (κ1) is 21.2. The smallest absolute Gasteiger partial charge is 0.191 e. The van der Waals surface area contributed by atoms with Crippen LogP contribution in [-0.2, 0) is 4.74 Å². The van der Waals surface area contributed by atoms with Crippen molar-refractivity contribution in [3.8, 4) is 0 Å². The molecule has 22 heavy (non-hydrogen) atoms. The summed E-state index contributed by atoms with van der Waals surface area (Å²) < 4.78 is 5.62. The average Bonchev–Trinajstić information content (AvgIpc) is 2.38. The molecule has 0 aromatic rings. The molecular formula is C17H38N4O. The molecule has 0 aromatic carbocycles. The number of nitrogens with one attached hydrogen (secondary N) is 2. The van der Waals surface area contributed by atoms with Crippen LogP contribution in [0.1, 0.15) is 41.0 Å². The van der Waals surface area contributed by atoms with Crippen molar-refractivity contribution in [1.29, 1.82) is 0 Å². The van der Waals surface area contributed by atoms with Gasteiger partial charge < -0.3 is 20.3 Å². The summed E-state index contributed by atoms with van der Waals surface area (Å²) in [6, 6.07) is 0. The zero-order valence-corrected chi connectivity index (χ0v) is 15.8. The first-order valence-corrected chi connectivity index (χ1v) is 8.51. The van der Waals surface area contributed by atoms with E-state index in [1.54, 1.807) is 0 Å². The molecule has 0 radical (unpaired) electrons. The van der Waals surface area contributed by atoms with Crippen molar-refractivity contribution in [3.05, 3.63) is 0 Å². The van der Waals surface area contributed by atoms with Gasteiger partial charge in [0, 0.05) is 32.8 Å². The minimum atomic E-state index is 0.166. The van der Waals surface area contributed by atoms with Crippen LogP contribution in [-0.4, -0.2) is 64.3 Å². The van der Waals surface area contributed by atoms with Gasteiger partial charge in [-0.2, -0.15) is 0 Å². The number of nitrogens with zero attached hydrogens (tertiary/aromatic N) is 2. The molecule has 0 unspecified atom stereocenters. The van der Waals surface area contributed by atoms with Crippen LogP contribution in [0.25, 0.3) is 0 Å². The van der Waals surface area contributed by atoms with Gasteiger partial charge in [0.05, 0.1) is 6.61 Å². The van der Waals surface area contributed by atoms with Crippen LogP contribution in [0.15, 0.2) is 4.99 Å². The van der Waals surface area contributed by atoms with Crippen LogP contribution in [0.4, 0.5) is 0 Å². The molecule has 0 aliphatic carbocycles.